The molecule has 31 heavy (non-hydrogen) atoms. The maximum Gasteiger partial charge on any atom is 0.392 e. The van der Waals surface area contributed by atoms with Crippen LogP contribution in [0.25, 0.3) is 0 Å². The Morgan fingerprint density at radius 1 is 1.13 bits per heavy atom. The molecule has 1 saturated heterocycles. The second-order valence-electron chi connectivity index (χ2n) is 9.27. The Morgan fingerprint density at radius 2 is 1.84 bits per heavy atom. The number of likely N-dealkylation sites (N-methyl/N-ethyl adjacent to an activating group) is 1. The second kappa shape index (κ2) is 8.04. The van der Waals surface area contributed by atoms with Crippen molar-refractivity contribution < 1.29 is 14.2 Å². The maximum atomic E-state index is 13.6. The monoisotopic (exact) mass is 486 g/mol. The lowest BCUT2D eigenvalue weighted by Gasteiger charge is -2.37. The van der Waals surface area contributed by atoms with Crippen LogP contribution in [0, 0.1) is 5.92 Å². The number of amidine groups is 1. The van der Waals surface area contributed by atoms with Crippen molar-refractivity contribution in [3.63, 3.8) is 0 Å². The molecule has 2 unspecified atom stereocenters. The summed E-state index contributed by atoms with van der Waals surface area (Å²) in [5, 5.41) is 0. The van der Waals surface area contributed by atoms with Gasteiger partial charge in [0.15, 0.2) is 0 Å². The SMILES string of the molecule is CC1CN(C2CCCCC2)C2=[N+](C1)C1C(=O)N(Cc3ccc(Br)cc3)C(=O)N(C)C1=N2. The van der Waals surface area contributed by atoms with Crippen LogP contribution in [-0.2, 0) is 11.3 Å². The van der Waals surface area contributed by atoms with Gasteiger partial charge < -0.3 is 0 Å². The molecule has 3 amide bonds. The molecule has 5 rings (SSSR count). The minimum atomic E-state index is -0.512. The molecular formula is C23H29BrN5O2+. The van der Waals surface area contributed by atoms with Gasteiger partial charge in [0.05, 0.1) is 25.7 Å². The molecule has 1 saturated carbocycles. The number of halogens is 1. The quantitative estimate of drug-likeness (QED) is 0.615. The Kier molecular flexibility index (Phi) is 5.36. The predicted molar refractivity (Wildman–Crippen MR) is 122 cm³/mol. The molecule has 2 fully saturated rings. The molecule has 0 radical (unpaired) electrons. The van der Waals surface area contributed by atoms with Crippen LogP contribution in [0.2, 0.25) is 0 Å². The number of carbonyl (C=O) groups excluding carboxylic acids is 2. The molecule has 0 N–H and O–H groups in total. The minimum Gasteiger partial charge on any atom is -0.270 e. The van der Waals surface area contributed by atoms with E-state index in [0.717, 1.165) is 29.1 Å². The summed E-state index contributed by atoms with van der Waals surface area (Å²) in [6, 6.07) is 7.40. The number of imide groups is 1. The van der Waals surface area contributed by atoms with Gasteiger partial charge in [0.2, 0.25) is 11.9 Å². The summed E-state index contributed by atoms with van der Waals surface area (Å²) in [5.74, 6) is 1.74. The molecule has 4 aliphatic rings. The molecule has 1 aliphatic carbocycles. The summed E-state index contributed by atoms with van der Waals surface area (Å²) in [4.78, 5) is 37.0. The van der Waals surface area contributed by atoms with Crippen molar-refractivity contribution in [2.45, 2.75) is 57.7 Å². The maximum absolute atomic E-state index is 13.6. The van der Waals surface area contributed by atoms with Gasteiger partial charge in [0.1, 0.15) is 0 Å². The Morgan fingerprint density at radius 3 is 2.55 bits per heavy atom. The zero-order chi connectivity index (χ0) is 21.7. The molecule has 2 atom stereocenters. The number of fused-ring (bicyclic) bond motifs is 2. The Bertz CT molecular complexity index is 967. The van der Waals surface area contributed by atoms with Crippen molar-refractivity contribution >= 4 is 39.7 Å². The lowest BCUT2D eigenvalue weighted by molar-refractivity contribution is -0.552. The van der Waals surface area contributed by atoms with Crippen LogP contribution < -0.4 is 0 Å². The summed E-state index contributed by atoms with van der Waals surface area (Å²) in [7, 11) is 1.74. The van der Waals surface area contributed by atoms with Crippen LogP contribution >= 0.6 is 15.9 Å². The van der Waals surface area contributed by atoms with Crippen LogP contribution in [0.3, 0.4) is 0 Å². The molecule has 0 bridgehead atoms. The summed E-state index contributed by atoms with van der Waals surface area (Å²) in [6.45, 7) is 4.26. The smallest absolute Gasteiger partial charge is 0.270 e. The molecule has 3 aliphatic heterocycles. The minimum absolute atomic E-state index is 0.169. The largest absolute Gasteiger partial charge is 0.392 e. The van der Waals surface area contributed by atoms with E-state index in [4.69, 9.17) is 4.99 Å². The number of urea groups is 1. The summed E-state index contributed by atoms with van der Waals surface area (Å²) in [6.07, 6.45) is 6.16. The normalized spacial score (nSPS) is 26.9. The number of carbonyl (C=O) groups is 2. The summed E-state index contributed by atoms with van der Waals surface area (Å²) >= 11 is 3.44. The van der Waals surface area contributed by atoms with E-state index in [1.165, 1.54) is 37.0 Å². The van der Waals surface area contributed by atoms with Crippen molar-refractivity contribution in [1.29, 1.82) is 0 Å². The zero-order valence-corrected chi connectivity index (χ0v) is 19.7. The van der Waals surface area contributed by atoms with Crippen LogP contribution in [0.4, 0.5) is 4.79 Å². The van der Waals surface area contributed by atoms with Crippen molar-refractivity contribution in [2.24, 2.45) is 10.9 Å². The van der Waals surface area contributed by atoms with E-state index < -0.39 is 6.04 Å². The van der Waals surface area contributed by atoms with Crippen molar-refractivity contribution in [3.8, 4) is 0 Å². The van der Waals surface area contributed by atoms with Gasteiger partial charge in [-0.2, -0.15) is 0 Å². The number of guanidine groups is 1. The van der Waals surface area contributed by atoms with Crippen molar-refractivity contribution in [1.82, 2.24) is 14.7 Å². The summed E-state index contributed by atoms with van der Waals surface area (Å²) in [5.41, 5.74) is 0.928. The van der Waals surface area contributed by atoms with E-state index >= 15 is 0 Å². The van der Waals surface area contributed by atoms with E-state index in [-0.39, 0.29) is 18.5 Å². The predicted octanol–water partition coefficient (Wildman–Crippen LogP) is 3.28. The number of benzene rings is 1. The third-order valence-corrected chi connectivity index (χ3v) is 7.46. The first kappa shape index (κ1) is 20.7. The average molecular weight is 487 g/mol. The number of amides is 3. The Balaban J connectivity index is 1.47. The Labute approximate surface area is 191 Å². The van der Waals surface area contributed by atoms with Crippen molar-refractivity contribution in [3.05, 3.63) is 34.3 Å². The molecule has 0 aromatic heterocycles. The fraction of sp³-hybridized carbons (Fsp3) is 0.565. The Hall–Kier alpha value is -2.22. The number of hydrogen-bond donors (Lipinski definition) is 0. The van der Waals surface area contributed by atoms with E-state index in [1.807, 2.05) is 24.3 Å². The first-order valence-electron chi connectivity index (χ1n) is 11.3. The van der Waals surface area contributed by atoms with E-state index in [0.29, 0.717) is 17.8 Å². The molecule has 164 valence electrons. The lowest BCUT2D eigenvalue weighted by atomic mass is 9.93. The van der Waals surface area contributed by atoms with E-state index in [1.54, 1.807) is 11.9 Å². The highest BCUT2D eigenvalue weighted by molar-refractivity contribution is 9.10. The van der Waals surface area contributed by atoms with Crippen LogP contribution in [0.1, 0.15) is 44.6 Å². The number of nitrogens with zero attached hydrogens (tertiary/aromatic N) is 5. The van der Waals surface area contributed by atoms with Crippen molar-refractivity contribution in [2.75, 3.05) is 20.1 Å². The first-order chi connectivity index (χ1) is 14.9. The van der Waals surface area contributed by atoms with Gasteiger partial charge in [0.25, 0.3) is 5.91 Å². The fourth-order valence-corrected chi connectivity index (χ4v) is 5.62. The molecule has 0 spiro atoms. The standard InChI is InChI=1S/C23H29BrN5O2/c1-15-12-27(18-6-4-3-5-7-18)22-25-20-19(28(22)13-15)21(30)29(23(31)26(20)2)14-16-8-10-17(24)11-9-16/h8-11,15,18-19H,3-7,12-14H2,1-2H3/q+1. The van der Waals surface area contributed by atoms with Gasteiger partial charge in [-0.05, 0) is 30.5 Å². The highest BCUT2D eigenvalue weighted by atomic mass is 79.9. The fourth-order valence-electron chi connectivity index (χ4n) is 5.36. The van der Waals surface area contributed by atoms with Gasteiger partial charge in [-0.3, -0.25) is 19.5 Å². The van der Waals surface area contributed by atoms with Gasteiger partial charge in [-0.15, -0.1) is 0 Å². The molecule has 8 heteroatoms. The first-order valence-corrected chi connectivity index (χ1v) is 12.1. The highest BCUT2D eigenvalue weighted by Crippen LogP contribution is 2.30. The van der Waals surface area contributed by atoms with Crippen LogP contribution in [0.15, 0.2) is 33.7 Å². The molecule has 1 aromatic rings. The number of hydrogen-bond acceptors (Lipinski definition) is 4. The third kappa shape index (κ3) is 3.58. The third-order valence-electron chi connectivity index (χ3n) is 6.93. The summed E-state index contributed by atoms with van der Waals surface area (Å²) < 4.78 is 3.12. The number of aliphatic imine (C=N–C) groups is 1. The lowest BCUT2D eigenvalue weighted by Crippen LogP contribution is -2.63. The molecular weight excluding hydrogens is 458 g/mol. The van der Waals surface area contributed by atoms with Crippen LogP contribution in [0.5, 0.6) is 0 Å². The molecule has 1 aromatic carbocycles. The highest BCUT2D eigenvalue weighted by Gasteiger charge is 2.55. The topological polar surface area (TPSA) is 59.2 Å². The second-order valence-corrected chi connectivity index (χ2v) is 10.2. The average Bonchev–Trinajstić information content (AvgIpc) is 3.16. The number of rotatable bonds is 3. The zero-order valence-electron chi connectivity index (χ0n) is 18.1. The van der Waals surface area contributed by atoms with Crippen LogP contribution in [-0.4, -0.2) is 75.2 Å². The van der Waals surface area contributed by atoms with Gasteiger partial charge in [-0.25, -0.2) is 9.37 Å². The van der Waals surface area contributed by atoms with Gasteiger partial charge in [0, 0.05) is 17.4 Å². The van der Waals surface area contributed by atoms with E-state index in [9.17, 15) is 9.59 Å². The van der Waals surface area contributed by atoms with Gasteiger partial charge >= 0.3 is 12.0 Å². The van der Waals surface area contributed by atoms with Gasteiger partial charge in [-0.1, -0.05) is 59.2 Å². The molecule has 7 nitrogen and oxygen atoms in total. The molecule has 3 heterocycles. The van der Waals surface area contributed by atoms with E-state index in [2.05, 4.69) is 32.3 Å².